The third kappa shape index (κ3) is 1.82. The lowest BCUT2D eigenvalue weighted by atomic mass is 10.00. The van der Waals surface area contributed by atoms with Gasteiger partial charge in [0.2, 0.25) is 5.95 Å². The minimum Gasteiger partial charge on any atom is -0.393 e. The number of fused-ring (bicyclic) bond motifs is 2. The van der Waals surface area contributed by atoms with Crippen molar-refractivity contribution in [2.45, 2.75) is 55.9 Å². The molecule has 8 nitrogen and oxygen atoms in total. The molecule has 0 spiro atoms. The van der Waals surface area contributed by atoms with Gasteiger partial charge in [0.15, 0.2) is 17.0 Å². The Hall–Kier alpha value is -1.93. The van der Waals surface area contributed by atoms with E-state index in [9.17, 15) is 5.11 Å². The molecule has 23 heavy (non-hydrogen) atoms. The fourth-order valence-corrected chi connectivity index (χ4v) is 3.98. The number of aromatic nitrogens is 4. The molecule has 8 heteroatoms. The number of aliphatic hydroxyl groups is 1. The maximum absolute atomic E-state index is 9.65. The van der Waals surface area contributed by atoms with Crippen LogP contribution >= 0.6 is 0 Å². The van der Waals surface area contributed by atoms with E-state index in [1.54, 1.807) is 6.33 Å². The number of imidazole rings is 1. The van der Waals surface area contributed by atoms with Gasteiger partial charge in [0.05, 0.1) is 18.5 Å². The highest BCUT2D eigenvalue weighted by Crippen LogP contribution is 2.62. The van der Waals surface area contributed by atoms with Crippen LogP contribution in [0.3, 0.4) is 0 Å². The first-order valence-electron chi connectivity index (χ1n) is 8.11. The van der Waals surface area contributed by atoms with E-state index in [2.05, 4.69) is 31.8 Å². The van der Waals surface area contributed by atoms with Crippen LogP contribution in [0.2, 0.25) is 0 Å². The zero-order valence-electron chi connectivity index (χ0n) is 13.0. The second kappa shape index (κ2) is 4.12. The van der Waals surface area contributed by atoms with Crippen LogP contribution in [-0.2, 0) is 4.74 Å². The molecule has 3 aliphatic rings. The minimum absolute atomic E-state index is 0.0538. The van der Waals surface area contributed by atoms with Gasteiger partial charge in [0, 0.05) is 24.9 Å². The number of rotatable bonds is 4. The second-order valence-electron chi connectivity index (χ2n) is 7.22. The van der Waals surface area contributed by atoms with E-state index in [1.807, 2.05) is 0 Å². The van der Waals surface area contributed by atoms with Crippen molar-refractivity contribution in [3.05, 3.63) is 6.33 Å². The quantitative estimate of drug-likeness (QED) is 0.716. The lowest BCUT2D eigenvalue weighted by Gasteiger charge is -2.17. The lowest BCUT2D eigenvalue weighted by molar-refractivity contribution is 0.133. The molecular formula is C15H20N6O2. The molecule has 2 aromatic heterocycles. The summed E-state index contributed by atoms with van der Waals surface area (Å²) in [5.41, 5.74) is 6.77. The van der Waals surface area contributed by atoms with Gasteiger partial charge in [0.1, 0.15) is 5.60 Å². The summed E-state index contributed by atoms with van der Waals surface area (Å²) in [6, 6.07) is 0.677. The summed E-state index contributed by atoms with van der Waals surface area (Å²) >= 11 is 0. The van der Waals surface area contributed by atoms with Crippen LogP contribution in [0.4, 0.5) is 11.8 Å². The zero-order valence-corrected chi connectivity index (χ0v) is 13.0. The van der Waals surface area contributed by atoms with Crippen molar-refractivity contribution in [3.63, 3.8) is 0 Å². The number of nitrogen functional groups attached to an aromatic ring is 1. The van der Waals surface area contributed by atoms with Crippen LogP contribution in [0.25, 0.3) is 11.2 Å². The van der Waals surface area contributed by atoms with E-state index < -0.39 is 5.60 Å². The van der Waals surface area contributed by atoms with Crippen LogP contribution in [-0.4, -0.2) is 48.5 Å². The van der Waals surface area contributed by atoms with Crippen molar-refractivity contribution in [3.8, 4) is 0 Å². The largest absolute Gasteiger partial charge is 0.393 e. The highest BCUT2D eigenvalue weighted by Gasteiger charge is 2.72. The number of nitrogens with two attached hydrogens (primary N) is 1. The first-order chi connectivity index (χ1) is 11.0. The van der Waals surface area contributed by atoms with Gasteiger partial charge in [-0.3, -0.25) is 0 Å². The molecule has 0 bridgehead atoms. The van der Waals surface area contributed by atoms with Crippen molar-refractivity contribution in [1.29, 1.82) is 0 Å². The van der Waals surface area contributed by atoms with Crippen molar-refractivity contribution < 1.29 is 9.84 Å². The standard InChI is InChI=1S/C15H20N6O2/c1-14-4-9(5-15(14,6-22)23-14)21-7-17-10-11(18-8-2-3-8)19-13(16)20-12(10)21/h7-9,22H,2-6H2,1H3,(H3,16,18,19,20)/t9-,14-,15-/m0/s1. The summed E-state index contributed by atoms with van der Waals surface area (Å²) in [7, 11) is 0. The molecule has 3 fully saturated rings. The Morgan fingerprint density at radius 1 is 1.43 bits per heavy atom. The predicted molar refractivity (Wildman–Crippen MR) is 84.0 cm³/mol. The third-order valence-electron chi connectivity index (χ3n) is 5.54. The van der Waals surface area contributed by atoms with E-state index in [0.717, 1.165) is 42.7 Å². The highest BCUT2D eigenvalue weighted by molar-refractivity contribution is 5.84. The van der Waals surface area contributed by atoms with Gasteiger partial charge in [-0.15, -0.1) is 0 Å². The normalized spacial score (nSPS) is 35.5. The van der Waals surface area contributed by atoms with E-state index >= 15 is 0 Å². The molecule has 0 amide bonds. The average molecular weight is 316 g/mol. The van der Waals surface area contributed by atoms with Gasteiger partial charge >= 0.3 is 0 Å². The smallest absolute Gasteiger partial charge is 0.224 e. The fourth-order valence-electron chi connectivity index (χ4n) is 3.98. The third-order valence-corrected chi connectivity index (χ3v) is 5.54. The Kier molecular flexibility index (Phi) is 2.42. The summed E-state index contributed by atoms with van der Waals surface area (Å²) in [5.74, 6) is 0.973. The Balaban J connectivity index is 1.54. The lowest BCUT2D eigenvalue weighted by Crippen LogP contribution is -2.21. The number of hydrogen-bond donors (Lipinski definition) is 3. The average Bonchev–Trinajstić information content (AvgIpc) is 3.34. The number of hydrogen-bond acceptors (Lipinski definition) is 7. The summed E-state index contributed by atoms with van der Waals surface area (Å²) < 4.78 is 7.83. The van der Waals surface area contributed by atoms with Crippen molar-refractivity contribution in [1.82, 2.24) is 19.5 Å². The molecular weight excluding hydrogens is 296 g/mol. The molecule has 3 heterocycles. The monoisotopic (exact) mass is 316 g/mol. The van der Waals surface area contributed by atoms with Crippen LogP contribution in [0.15, 0.2) is 6.33 Å². The summed E-state index contributed by atoms with van der Waals surface area (Å²) in [6.45, 7) is 2.12. The number of nitrogens with zero attached hydrogens (tertiary/aromatic N) is 4. The zero-order chi connectivity index (χ0) is 15.8. The number of epoxide rings is 1. The number of ether oxygens (including phenoxy) is 1. The molecule has 5 rings (SSSR count). The summed E-state index contributed by atoms with van der Waals surface area (Å²) in [6.07, 6.45) is 5.72. The maximum atomic E-state index is 9.65. The molecule has 1 aliphatic heterocycles. The van der Waals surface area contributed by atoms with Crippen molar-refractivity contribution >= 4 is 22.9 Å². The van der Waals surface area contributed by atoms with Crippen molar-refractivity contribution in [2.24, 2.45) is 0 Å². The molecule has 1 saturated heterocycles. The van der Waals surface area contributed by atoms with Gasteiger partial charge in [-0.1, -0.05) is 0 Å². The molecule has 2 saturated carbocycles. The molecule has 3 atom stereocenters. The Morgan fingerprint density at radius 3 is 2.96 bits per heavy atom. The molecule has 122 valence electrons. The highest BCUT2D eigenvalue weighted by atomic mass is 16.6. The molecule has 0 radical (unpaired) electrons. The molecule has 0 aromatic carbocycles. The van der Waals surface area contributed by atoms with Gasteiger partial charge < -0.3 is 25.5 Å². The van der Waals surface area contributed by atoms with E-state index in [1.165, 1.54) is 0 Å². The first-order valence-corrected chi connectivity index (χ1v) is 8.11. The number of anilines is 2. The van der Waals surface area contributed by atoms with Gasteiger partial charge in [-0.05, 0) is 19.8 Å². The number of aliphatic hydroxyl groups excluding tert-OH is 1. The Bertz CT molecular complexity index is 803. The molecule has 2 aromatic rings. The summed E-state index contributed by atoms with van der Waals surface area (Å²) in [5, 5.41) is 13.0. The maximum Gasteiger partial charge on any atom is 0.224 e. The van der Waals surface area contributed by atoms with Gasteiger partial charge in [-0.2, -0.15) is 9.97 Å². The molecule has 0 unspecified atom stereocenters. The first kappa shape index (κ1) is 13.5. The van der Waals surface area contributed by atoms with Gasteiger partial charge in [-0.25, -0.2) is 4.98 Å². The van der Waals surface area contributed by atoms with Crippen molar-refractivity contribution in [2.75, 3.05) is 17.7 Å². The van der Waals surface area contributed by atoms with E-state index in [-0.39, 0.29) is 24.2 Å². The Labute approximate surface area is 133 Å². The second-order valence-corrected chi connectivity index (χ2v) is 7.22. The van der Waals surface area contributed by atoms with E-state index in [0.29, 0.717) is 6.04 Å². The van der Waals surface area contributed by atoms with Crippen LogP contribution in [0.1, 0.15) is 38.6 Å². The molecule has 4 N–H and O–H groups in total. The topological polar surface area (TPSA) is 114 Å². The predicted octanol–water partition coefficient (Wildman–Crippen LogP) is 0.838. The van der Waals surface area contributed by atoms with Crippen LogP contribution in [0.5, 0.6) is 0 Å². The molecule has 2 aliphatic carbocycles. The number of nitrogens with one attached hydrogen (secondary N) is 1. The minimum atomic E-state index is -0.401. The van der Waals surface area contributed by atoms with Gasteiger partial charge in [0.25, 0.3) is 0 Å². The SMILES string of the molecule is C[C@]12C[C@H](n3cnc4c(NC5CC5)nc(N)nc43)C[C@@]1(CO)O2. The van der Waals surface area contributed by atoms with E-state index in [4.69, 9.17) is 10.5 Å². The summed E-state index contributed by atoms with van der Waals surface area (Å²) in [4.78, 5) is 13.2. The van der Waals surface area contributed by atoms with Crippen LogP contribution in [0, 0.1) is 0 Å². The Morgan fingerprint density at radius 2 is 2.26 bits per heavy atom. The van der Waals surface area contributed by atoms with Crippen LogP contribution < -0.4 is 11.1 Å². The fraction of sp³-hybridized carbons (Fsp3) is 0.667.